The van der Waals surface area contributed by atoms with Crippen LogP contribution in [0.25, 0.3) is 0 Å². The van der Waals surface area contributed by atoms with Crippen molar-refractivity contribution in [1.82, 2.24) is 4.90 Å². The molecule has 6 nitrogen and oxygen atoms in total. The SMILES string of the molecule is O=C(c1ccccc1)N1CC[NH+](c2ccc([N+](=O)[O-])cc2)CC1. The molecule has 0 unspecified atom stereocenters. The highest BCUT2D eigenvalue weighted by Gasteiger charge is 2.25. The van der Waals surface area contributed by atoms with Gasteiger partial charge in [0.25, 0.3) is 11.6 Å². The topological polar surface area (TPSA) is 67.9 Å². The predicted molar refractivity (Wildman–Crippen MR) is 85.8 cm³/mol. The van der Waals surface area contributed by atoms with Gasteiger partial charge in [0.05, 0.1) is 31.1 Å². The largest absolute Gasteiger partial charge is 0.327 e. The second-order valence-corrected chi connectivity index (χ2v) is 5.57. The van der Waals surface area contributed by atoms with Crippen LogP contribution in [0.5, 0.6) is 0 Å². The number of hydrogen-bond acceptors (Lipinski definition) is 3. The van der Waals surface area contributed by atoms with Crippen molar-refractivity contribution in [2.24, 2.45) is 0 Å². The summed E-state index contributed by atoms with van der Waals surface area (Å²) in [7, 11) is 0. The molecule has 1 N–H and O–H groups in total. The number of quaternary nitrogens is 1. The zero-order valence-corrected chi connectivity index (χ0v) is 12.6. The normalized spacial score (nSPS) is 15.4. The van der Waals surface area contributed by atoms with Crippen molar-refractivity contribution < 1.29 is 14.6 Å². The fraction of sp³-hybridized carbons (Fsp3) is 0.235. The maximum Gasteiger partial charge on any atom is 0.269 e. The number of carbonyl (C=O) groups is 1. The minimum absolute atomic E-state index is 0.0633. The second-order valence-electron chi connectivity index (χ2n) is 5.57. The van der Waals surface area contributed by atoms with Crippen LogP contribution >= 0.6 is 0 Å². The molecule has 1 amide bonds. The van der Waals surface area contributed by atoms with Crippen LogP contribution in [0.2, 0.25) is 0 Å². The molecule has 1 aliphatic rings. The summed E-state index contributed by atoms with van der Waals surface area (Å²) in [6.07, 6.45) is 0. The first-order valence-electron chi connectivity index (χ1n) is 7.59. The predicted octanol–water partition coefficient (Wildman–Crippen LogP) is 1.27. The molecule has 1 saturated heterocycles. The first-order chi connectivity index (χ1) is 11.1. The molecular formula is C17H18N3O3+. The van der Waals surface area contributed by atoms with Crippen LogP contribution in [0.15, 0.2) is 54.6 Å². The molecule has 1 heterocycles. The lowest BCUT2D eigenvalue weighted by Gasteiger charge is -2.32. The number of carbonyl (C=O) groups excluding carboxylic acids is 1. The summed E-state index contributed by atoms with van der Waals surface area (Å²) in [5.74, 6) is 0.0633. The zero-order chi connectivity index (χ0) is 16.2. The van der Waals surface area contributed by atoms with E-state index in [1.165, 1.54) is 17.0 Å². The molecule has 0 atom stereocenters. The zero-order valence-electron chi connectivity index (χ0n) is 12.6. The number of amides is 1. The molecule has 0 saturated carbocycles. The maximum absolute atomic E-state index is 12.4. The lowest BCUT2D eigenvalue weighted by molar-refractivity contribution is -0.837. The molecule has 118 valence electrons. The number of rotatable bonds is 3. The van der Waals surface area contributed by atoms with Crippen molar-refractivity contribution in [1.29, 1.82) is 0 Å². The third-order valence-corrected chi connectivity index (χ3v) is 4.16. The number of nitrogens with one attached hydrogen (secondary N) is 1. The highest BCUT2D eigenvalue weighted by Crippen LogP contribution is 2.13. The molecule has 23 heavy (non-hydrogen) atoms. The van der Waals surface area contributed by atoms with E-state index in [1.807, 2.05) is 35.2 Å². The van der Waals surface area contributed by atoms with Crippen molar-refractivity contribution in [2.45, 2.75) is 0 Å². The van der Waals surface area contributed by atoms with Gasteiger partial charge in [0, 0.05) is 29.8 Å². The molecule has 0 aromatic heterocycles. The summed E-state index contributed by atoms with van der Waals surface area (Å²) >= 11 is 0. The Labute approximate surface area is 134 Å². The van der Waals surface area contributed by atoms with E-state index in [0.29, 0.717) is 18.7 Å². The van der Waals surface area contributed by atoms with Crippen LogP contribution in [0, 0.1) is 10.1 Å². The van der Waals surface area contributed by atoms with Gasteiger partial charge in [-0.3, -0.25) is 19.8 Å². The standard InChI is InChI=1S/C17H17N3O3/c21-17(14-4-2-1-3-5-14)19-12-10-18(11-13-19)15-6-8-16(9-7-15)20(22)23/h1-9H,10-13H2/p+1. The summed E-state index contributed by atoms with van der Waals surface area (Å²) in [6, 6.07) is 15.9. The average molecular weight is 312 g/mol. The number of benzene rings is 2. The monoisotopic (exact) mass is 312 g/mol. The van der Waals surface area contributed by atoms with E-state index in [-0.39, 0.29) is 11.6 Å². The van der Waals surface area contributed by atoms with Crippen molar-refractivity contribution in [3.05, 3.63) is 70.3 Å². The van der Waals surface area contributed by atoms with Gasteiger partial charge >= 0.3 is 0 Å². The van der Waals surface area contributed by atoms with Gasteiger partial charge in [-0.15, -0.1) is 0 Å². The van der Waals surface area contributed by atoms with E-state index in [1.54, 1.807) is 12.1 Å². The van der Waals surface area contributed by atoms with Gasteiger partial charge in [0.1, 0.15) is 5.69 Å². The first-order valence-corrected chi connectivity index (χ1v) is 7.59. The molecule has 0 spiro atoms. The third kappa shape index (κ3) is 3.37. The van der Waals surface area contributed by atoms with Crippen LogP contribution < -0.4 is 4.90 Å². The Hall–Kier alpha value is -2.73. The molecule has 6 heteroatoms. The molecular weight excluding hydrogens is 294 g/mol. The smallest absolute Gasteiger partial charge is 0.269 e. The van der Waals surface area contributed by atoms with Gasteiger partial charge in [-0.25, -0.2) is 0 Å². The van der Waals surface area contributed by atoms with Crippen molar-refractivity contribution >= 4 is 17.3 Å². The number of nitrogens with zero attached hydrogens (tertiary/aromatic N) is 2. The minimum atomic E-state index is -0.393. The minimum Gasteiger partial charge on any atom is -0.327 e. The fourth-order valence-corrected chi connectivity index (χ4v) is 2.85. The molecule has 0 bridgehead atoms. The van der Waals surface area contributed by atoms with E-state index in [9.17, 15) is 14.9 Å². The Morgan fingerprint density at radius 3 is 2.17 bits per heavy atom. The van der Waals surface area contributed by atoms with Gasteiger partial charge in [-0.05, 0) is 12.1 Å². The van der Waals surface area contributed by atoms with Crippen molar-refractivity contribution in [3.63, 3.8) is 0 Å². The van der Waals surface area contributed by atoms with E-state index in [0.717, 1.165) is 18.8 Å². The molecule has 1 aliphatic heterocycles. The molecule has 0 aliphatic carbocycles. The fourth-order valence-electron chi connectivity index (χ4n) is 2.85. The van der Waals surface area contributed by atoms with Crippen LogP contribution in [-0.4, -0.2) is 41.9 Å². The van der Waals surface area contributed by atoms with Crippen LogP contribution in [0.4, 0.5) is 11.4 Å². The number of non-ortho nitro benzene ring substituents is 1. The summed E-state index contributed by atoms with van der Waals surface area (Å²) in [6.45, 7) is 2.97. The van der Waals surface area contributed by atoms with E-state index in [2.05, 4.69) is 0 Å². The van der Waals surface area contributed by atoms with Crippen molar-refractivity contribution in [3.8, 4) is 0 Å². The molecule has 2 aromatic rings. The van der Waals surface area contributed by atoms with E-state index >= 15 is 0 Å². The Morgan fingerprint density at radius 1 is 1.00 bits per heavy atom. The van der Waals surface area contributed by atoms with Crippen molar-refractivity contribution in [2.75, 3.05) is 26.2 Å². The molecule has 1 fully saturated rings. The number of hydrogen-bond donors (Lipinski definition) is 1. The van der Waals surface area contributed by atoms with Crippen LogP contribution in [0.3, 0.4) is 0 Å². The lowest BCUT2D eigenvalue weighted by Crippen LogP contribution is -3.10. The highest BCUT2D eigenvalue weighted by atomic mass is 16.6. The Morgan fingerprint density at radius 2 is 1.61 bits per heavy atom. The van der Waals surface area contributed by atoms with Gasteiger partial charge in [-0.2, -0.15) is 0 Å². The van der Waals surface area contributed by atoms with Gasteiger partial charge in [0.15, 0.2) is 0 Å². The lowest BCUT2D eigenvalue weighted by atomic mass is 10.1. The van der Waals surface area contributed by atoms with Crippen LogP contribution in [0.1, 0.15) is 10.4 Å². The maximum atomic E-state index is 12.4. The first kappa shape index (κ1) is 15.2. The summed E-state index contributed by atoms with van der Waals surface area (Å²) in [5.41, 5.74) is 1.85. The average Bonchev–Trinajstić information content (AvgIpc) is 2.62. The third-order valence-electron chi connectivity index (χ3n) is 4.16. The highest BCUT2D eigenvalue weighted by molar-refractivity contribution is 5.94. The summed E-state index contributed by atoms with van der Waals surface area (Å²) in [5, 5.41) is 10.7. The number of piperazine rings is 1. The second kappa shape index (κ2) is 6.58. The Bertz CT molecular complexity index is 693. The van der Waals surface area contributed by atoms with Gasteiger partial charge < -0.3 is 4.90 Å². The number of nitro benzene ring substituents is 1. The van der Waals surface area contributed by atoms with Gasteiger partial charge in [0.2, 0.25) is 0 Å². The van der Waals surface area contributed by atoms with E-state index in [4.69, 9.17) is 0 Å². The number of nitro groups is 1. The molecule has 2 aromatic carbocycles. The quantitative estimate of drug-likeness (QED) is 0.685. The molecule has 0 radical (unpaired) electrons. The Balaban J connectivity index is 1.62. The van der Waals surface area contributed by atoms with Gasteiger partial charge in [-0.1, -0.05) is 18.2 Å². The van der Waals surface area contributed by atoms with E-state index < -0.39 is 4.92 Å². The summed E-state index contributed by atoms with van der Waals surface area (Å²) in [4.78, 5) is 25.8. The summed E-state index contributed by atoms with van der Waals surface area (Å²) < 4.78 is 0. The van der Waals surface area contributed by atoms with Crippen LogP contribution in [-0.2, 0) is 0 Å². The molecule has 3 rings (SSSR count). The Kier molecular flexibility index (Phi) is 4.34.